The molecule has 122 valence electrons. The molecule has 0 bridgehead atoms. The summed E-state index contributed by atoms with van der Waals surface area (Å²) in [5.41, 5.74) is 7.94. The van der Waals surface area contributed by atoms with Crippen LogP contribution < -0.4 is 5.73 Å². The Morgan fingerprint density at radius 1 is 1.32 bits per heavy atom. The summed E-state index contributed by atoms with van der Waals surface area (Å²) in [5.74, 6) is -0.403. The number of aliphatic hydroxyl groups is 1. The number of hydrogen-bond donors (Lipinski definition) is 2. The number of carbonyl (C=O) groups excluding carboxylic acids is 1. The van der Waals surface area contributed by atoms with Crippen LogP contribution in [0.2, 0.25) is 0 Å². The molecule has 0 radical (unpaired) electrons. The van der Waals surface area contributed by atoms with E-state index in [9.17, 15) is 4.79 Å². The van der Waals surface area contributed by atoms with E-state index in [-0.39, 0.29) is 6.61 Å². The normalized spacial score (nSPS) is 16.8. The number of hydrogen-bond acceptors (Lipinski definition) is 5. The SMILES string of the molecule is CCCc1cc(CN2CCN(CCO)CC2)ncc1C(N)=O. The fourth-order valence-electron chi connectivity index (χ4n) is 2.87. The van der Waals surface area contributed by atoms with Gasteiger partial charge in [-0.25, -0.2) is 0 Å². The lowest BCUT2D eigenvalue weighted by molar-refractivity contribution is 0.0998. The van der Waals surface area contributed by atoms with Crippen molar-refractivity contribution >= 4 is 5.91 Å². The van der Waals surface area contributed by atoms with E-state index in [0.29, 0.717) is 5.56 Å². The number of aryl methyl sites for hydroxylation is 1. The quantitative estimate of drug-likeness (QED) is 0.754. The average Bonchev–Trinajstić information content (AvgIpc) is 2.50. The van der Waals surface area contributed by atoms with E-state index in [1.54, 1.807) is 6.20 Å². The lowest BCUT2D eigenvalue weighted by Gasteiger charge is -2.34. The van der Waals surface area contributed by atoms with Gasteiger partial charge in [0.25, 0.3) is 5.91 Å². The molecule has 1 aliphatic heterocycles. The van der Waals surface area contributed by atoms with Crippen LogP contribution in [0.1, 0.15) is 35.0 Å². The first-order valence-electron chi connectivity index (χ1n) is 7.97. The van der Waals surface area contributed by atoms with Crippen molar-refractivity contribution < 1.29 is 9.90 Å². The number of carbonyl (C=O) groups is 1. The van der Waals surface area contributed by atoms with E-state index in [1.807, 2.05) is 6.07 Å². The zero-order valence-corrected chi connectivity index (χ0v) is 13.3. The number of aliphatic hydroxyl groups excluding tert-OH is 1. The third-order valence-electron chi connectivity index (χ3n) is 4.10. The summed E-state index contributed by atoms with van der Waals surface area (Å²) in [6, 6.07) is 2.02. The molecule has 6 nitrogen and oxygen atoms in total. The van der Waals surface area contributed by atoms with Gasteiger partial charge in [-0.1, -0.05) is 13.3 Å². The Balaban J connectivity index is 1.98. The van der Waals surface area contributed by atoms with E-state index in [2.05, 4.69) is 21.7 Å². The smallest absolute Gasteiger partial charge is 0.250 e. The summed E-state index contributed by atoms with van der Waals surface area (Å²) in [4.78, 5) is 20.5. The van der Waals surface area contributed by atoms with Crippen LogP contribution in [0.25, 0.3) is 0 Å². The van der Waals surface area contributed by atoms with Crippen LogP contribution in [0.5, 0.6) is 0 Å². The minimum atomic E-state index is -0.403. The Kier molecular flexibility index (Phi) is 6.30. The number of aromatic nitrogens is 1. The topological polar surface area (TPSA) is 82.7 Å². The number of nitrogens with zero attached hydrogens (tertiary/aromatic N) is 3. The van der Waals surface area contributed by atoms with Gasteiger partial charge in [-0.05, 0) is 18.1 Å². The summed E-state index contributed by atoms with van der Waals surface area (Å²) in [7, 11) is 0. The van der Waals surface area contributed by atoms with Crippen LogP contribution in [0.3, 0.4) is 0 Å². The summed E-state index contributed by atoms with van der Waals surface area (Å²) >= 11 is 0. The first-order chi connectivity index (χ1) is 10.6. The molecule has 0 aromatic carbocycles. The number of β-amino-alcohol motifs (C(OH)–C–C–N with tert-alkyl or cyclic N) is 1. The van der Waals surface area contributed by atoms with Crippen LogP contribution in [-0.2, 0) is 13.0 Å². The van der Waals surface area contributed by atoms with E-state index in [1.165, 1.54) is 0 Å². The van der Waals surface area contributed by atoms with Crippen LogP contribution >= 0.6 is 0 Å². The van der Waals surface area contributed by atoms with Crippen LogP contribution in [-0.4, -0.2) is 65.1 Å². The molecule has 1 aromatic heterocycles. The molecule has 2 rings (SSSR count). The fraction of sp³-hybridized carbons (Fsp3) is 0.625. The maximum absolute atomic E-state index is 11.4. The largest absolute Gasteiger partial charge is 0.395 e. The molecule has 1 aliphatic rings. The fourth-order valence-corrected chi connectivity index (χ4v) is 2.87. The predicted octanol–water partition coefficient (Wildman–Crippen LogP) is 0.243. The number of pyridine rings is 1. The standard InChI is InChI=1S/C16H26N4O2/c1-2-3-13-10-14(18-11-15(13)16(17)22)12-20-6-4-19(5-7-20)8-9-21/h10-11,21H,2-9,12H2,1H3,(H2,17,22). The Hall–Kier alpha value is -1.50. The van der Waals surface area contributed by atoms with Crippen molar-refractivity contribution in [3.63, 3.8) is 0 Å². The lowest BCUT2D eigenvalue weighted by atomic mass is 10.0. The van der Waals surface area contributed by atoms with Gasteiger partial charge in [-0.15, -0.1) is 0 Å². The second-order valence-corrected chi connectivity index (χ2v) is 5.79. The first kappa shape index (κ1) is 16.9. The molecule has 0 spiro atoms. The highest BCUT2D eigenvalue weighted by atomic mass is 16.3. The maximum atomic E-state index is 11.4. The van der Waals surface area contributed by atoms with Crippen molar-refractivity contribution in [2.24, 2.45) is 5.73 Å². The maximum Gasteiger partial charge on any atom is 0.250 e. The highest BCUT2D eigenvalue weighted by molar-refractivity contribution is 5.94. The number of amides is 1. The Labute approximate surface area is 131 Å². The van der Waals surface area contributed by atoms with Crippen LogP contribution in [0, 0.1) is 0 Å². The third-order valence-corrected chi connectivity index (χ3v) is 4.10. The number of piperazine rings is 1. The molecule has 0 unspecified atom stereocenters. The van der Waals surface area contributed by atoms with E-state index < -0.39 is 5.91 Å². The van der Waals surface area contributed by atoms with Crippen molar-refractivity contribution in [3.8, 4) is 0 Å². The van der Waals surface area contributed by atoms with Gasteiger partial charge in [0.15, 0.2) is 0 Å². The molecule has 1 amide bonds. The highest BCUT2D eigenvalue weighted by Crippen LogP contribution is 2.14. The monoisotopic (exact) mass is 306 g/mol. The number of primary amides is 1. The molecule has 0 aliphatic carbocycles. The molecule has 1 saturated heterocycles. The molecule has 6 heteroatoms. The summed E-state index contributed by atoms with van der Waals surface area (Å²) in [6.45, 7) is 7.75. The van der Waals surface area contributed by atoms with E-state index in [4.69, 9.17) is 10.8 Å². The van der Waals surface area contributed by atoms with Gasteiger partial charge in [-0.3, -0.25) is 19.6 Å². The van der Waals surface area contributed by atoms with Gasteiger partial charge in [0.2, 0.25) is 0 Å². The van der Waals surface area contributed by atoms with Crippen molar-refractivity contribution in [2.75, 3.05) is 39.3 Å². The average molecular weight is 306 g/mol. The Morgan fingerprint density at radius 3 is 2.59 bits per heavy atom. The second-order valence-electron chi connectivity index (χ2n) is 5.79. The molecule has 1 aromatic rings. The molecule has 22 heavy (non-hydrogen) atoms. The van der Waals surface area contributed by atoms with Gasteiger partial charge in [0.1, 0.15) is 0 Å². The molecule has 3 N–H and O–H groups in total. The van der Waals surface area contributed by atoms with Crippen molar-refractivity contribution in [1.82, 2.24) is 14.8 Å². The van der Waals surface area contributed by atoms with E-state index in [0.717, 1.165) is 63.4 Å². The first-order valence-corrected chi connectivity index (χ1v) is 7.97. The number of rotatable bonds is 7. The molecule has 0 atom stereocenters. The zero-order chi connectivity index (χ0) is 15.9. The number of nitrogens with two attached hydrogens (primary N) is 1. The highest BCUT2D eigenvalue weighted by Gasteiger charge is 2.17. The minimum Gasteiger partial charge on any atom is -0.395 e. The predicted molar refractivity (Wildman–Crippen MR) is 85.6 cm³/mol. The summed E-state index contributed by atoms with van der Waals surface area (Å²) in [6.07, 6.45) is 3.44. The van der Waals surface area contributed by atoms with Crippen molar-refractivity contribution in [1.29, 1.82) is 0 Å². The lowest BCUT2D eigenvalue weighted by Crippen LogP contribution is -2.46. The molecule has 2 heterocycles. The minimum absolute atomic E-state index is 0.219. The van der Waals surface area contributed by atoms with E-state index >= 15 is 0 Å². The molecule has 0 saturated carbocycles. The van der Waals surface area contributed by atoms with Gasteiger partial charge in [0, 0.05) is 45.5 Å². The van der Waals surface area contributed by atoms with Crippen molar-refractivity contribution in [2.45, 2.75) is 26.3 Å². The zero-order valence-electron chi connectivity index (χ0n) is 13.3. The third kappa shape index (κ3) is 4.50. The second kappa shape index (κ2) is 8.22. The molecule has 1 fully saturated rings. The Morgan fingerprint density at radius 2 is 2.00 bits per heavy atom. The van der Waals surface area contributed by atoms with Crippen molar-refractivity contribution in [3.05, 3.63) is 29.1 Å². The van der Waals surface area contributed by atoms with Crippen LogP contribution in [0.4, 0.5) is 0 Å². The summed E-state index contributed by atoms with van der Waals surface area (Å²) in [5, 5.41) is 8.97. The van der Waals surface area contributed by atoms with Gasteiger partial charge >= 0.3 is 0 Å². The van der Waals surface area contributed by atoms with Gasteiger partial charge in [0.05, 0.1) is 17.9 Å². The van der Waals surface area contributed by atoms with Gasteiger partial charge in [-0.2, -0.15) is 0 Å². The Bertz CT molecular complexity index is 499. The van der Waals surface area contributed by atoms with Crippen LogP contribution in [0.15, 0.2) is 12.3 Å². The van der Waals surface area contributed by atoms with Gasteiger partial charge < -0.3 is 10.8 Å². The molecular weight excluding hydrogens is 280 g/mol. The summed E-state index contributed by atoms with van der Waals surface area (Å²) < 4.78 is 0. The molecular formula is C16H26N4O2.